The molecule has 0 spiro atoms. The molecule has 0 heterocycles. The molecule has 0 radical (unpaired) electrons. The van der Waals surface area contributed by atoms with Crippen molar-refractivity contribution in [3.63, 3.8) is 0 Å². The quantitative estimate of drug-likeness (QED) is 0.436. The fourth-order valence-electron chi connectivity index (χ4n) is 0.977. The molecule has 0 aromatic rings. The van der Waals surface area contributed by atoms with Crippen molar-refractivity contribution in [3.8, 4) is 0 Å². The fraction of sp³-hybridized carbons (Fsp3) is 0.250. The molecule has 0 rings (SSSR count). The van der Waals surface area contributed by atoms with Crippen LogP contribution in [0.4, 0.5) is 0 Å². The van der Waals surface area contributed by atoms with Crippen LogP contribution in [0.15, 0.2) is 35.5 Å². The zero-order valence-electron chi connectivity index (χ0n) is 9.59. The zero-order valence-corrected chi connectivity index (χ0v) is 9.59. The van der Waals surface area contributed by atoms with Crippen molar-refractivity contribution in [1.82, 2.24) is 0 Å². The number of hydrogen-bond acceptors (Lipinski definition) is 3. The van der Waals surface area contributed by atoms with Gasteiger partial charge in [0.05, 0.1) is 5.57 Å². The number of carbonyl (C=O) groups excluding carboxylic acids is 2. The van der Waals surface area contributed by atoms with Crippen molar-refractivity contribution < 1.29 is 19.5 Å². The predicted octanol–water partition coefficient (Wildman–Crippen LogP) is 1.68. The average Bonchev–Trinajstić information content (AvgIpc) is 2.16. The molecule has 0 fully saturated rings. The number of ketones is 2. The van der Waals surface area contributed by atoms with Gasteiger partial charge < -0.3 is 5.11 Å². The van der Waals surface area contributed by atoms with Crippen LogP contribution >= 0.6 is 0 Å². The van der Waals surface area contributed by atoms with Crippen LogP contribution in [0.1, 0.15) is 20.8 Å². The van der Waals surface area contributed by atoms with E-state index in [4.69, 9.17) is 5.11 Å². The van der Waals surface area contributed by atoms with Crippen LogP contribution in [0.3, 0.4) is 0 Å². The lowest BCUT2D eigenvalue weighted by atomic mass is 9.94. The van der Waals surface area contributed by atoms with E-state index in [1.807, 2.05) is 0 Å². The first-order valence-corrected chi connectivity index (χ1v) is 4.54. The number of Topliss-reactive ketones (excluding diaryl/α,β-unsaturated/α-hetero) is 2. The Morgan fingerprint density at radius 3 is 1.38 bits per heavy atom. The van der Waals surface area contributed by atoms with Gasteiger partial charge in [-0.25, -0.2) is 4.79 Å². The van der Waals surface area contributed by atoms with Crippen molar-refractivity contribution in [2.45, 2.75) is 20.8 Å². The Morgan fingerprint density at radius 2 is 1.19 bits per heavy atom. The molecule has 0 aromatic heterocycles. The second kappa shape index (κ2) is 5.21. The van der Waals surface area contributed by atoms with Crippen molar-refractivity contribution in [1.29, 1.82) is 0 Å². The molecule has 4 nitrogen and oxygen atoms in total. The second-order valence-electron chi connectivity index (χ2n) is 3.52. The fourth-order valence-corrected chi connectivity index (χ4v) is 0.977. The van der Waals surface area contributed by atoms with Crippen LogP contribution < -0.4 is 0 Å². The molecule has 0 aromatic carbocycles. The van der Waals surface area contributed by atoms with Crippen molar-refractivity contribution in [2.24, 2.45) is 0 Å². The molecular formula is C12H14O4. The summed E-state index contributed by atoms with van der Waals surface area (Å²) in [6.45, 7) is 10.8. The van der Waals surface area contributed by atoms with E-state index in [1.165, 1.54) is 20.8 Å². The minimum atomic E-state index is -1.31. The monoisotopic (exact) mass is 222 g/mol. The lowest BCUT2D eigenvalue weighted by Gasteiger charge is -2.07. The van der Waals surface area contributed by atoms with E-state index in [0.29, 0.717) is 0 Å². The molecule has 0 saturated heterocycles. The van der Waals surface area contributed by atoms with E-state index in [0.717, 1.165) is 0 Å². The SMILES string of the molecule is C=C(C)C(=O)C(C(=O)C(=C)C)=C(C)C(=O)O. The maximum absolute atomic E-state index is 11.7. The lowest BCUT2D eigenvalue weighted by molar-refractivity contribution is -0.133. The first kappa shape index (κ1) is 14.0. The van der Waals surface area contributed by atoms with Gasteiger partial charge in [0, 0.05) is 5.57 Å². The van der Waals surface area contributed by atoms with Crippen molar-refractivity contribution in [2.75, 3.05) is 0 Å². The van der Waals surface area contributed by atoms with Crippen LogP contribution in [0, 0.1) is 0 Å². The number of carboxylic acid groups (broad SMARTS) is 1. The Hall–Kier alpha value is -1.97. The lowest BCUT2D eigenvalue weighted by Crippen LogP contribution is -2.19. The minimum absolute atomic E-state index is 0.116. The summed E-state index contributed by atoms with van der Waals surface area (Å²) in [5.41, 5.74) is -0.427. The highest BCUT2D eigenvalue weighted by atomic mass is 16.4. The van der Waals surface area contributed by atoms with Crippen molar-refractivity contribution >= 4 is 17.5 Å². The molecule has 0 amide bonds. The van der Waals surface area contributed by atoms with E-state index in [9.17, 15) is 14.4 Å². The van der Waals surface area contributed by atoms with Crippen LogP contribution in [0.25, 0.3) is 0 Å². The van der Waals surface area contributed by atoms with Crippen LogP contribution in [0.2, 0.25) is 0 Å². The van der Waals surface area contributed by atoms with Gasteiger partial charge in [0.1, 0.15) is 0 Å². The van der Waals surface area contributed by atoms with Gasteiger partial charge in [0.2, 0.25) is 0 Å². The Bertz CT molecular complexity index is 396. The van der Waals surface area contributed by atoms with Gasteiger partial charge in [-0.15, -0.1) is 0 Å². The molecule has 4 heteroatoms. The van der Waals surface area contributed by atoms with Gasteiger partial charge in [0.25, 0.3) is 0 Å². The third-order valence-electron chi connectivity index (χ3n) is 1.93. The van der Waals surface area contributed by atoms with Crippen LogP contribution in [0.5, 0.6) is 0 Å². The van der Waals surface area contributed by atoms with E-state index in [2.05, 4.69) is 13.2 Å². The van der Waals surface area contributed by atoms with Crippen molar-refractivity contribution in [3.05, 3.63) is 35.5 Å². The molecule has 0 unspecified atom stereocenters. The number of hydrogen-bond donors (Lipinski definition) is 1. The molecule has 0 aliphatic carbocycles. The molecule has 86 valence electrons. The normalized spacial score (nSPS) is 9.19. The smallest absolute Gasteiger partial charge is 0.332 e. The van der Waals surface area contributed by atoms with Crippen LogP contribution in [-0.4, -0.2) is 22.6 Å². The van der Waals surface area contributed by atoms with Gasteiger partial charge in [-0.05, 0) is 31.9 Å². The Morgan fingerprint density at radius 1 is 0.875 bits per heavy atom. The summed E-state index contributed by atoms with van der Waals surface area (Å²) < 4.78 is 0. The second-order valence-corrected chi connectivity index (χ2v) is 3.52. The molecule has 16 heavy (non-hydrogen) atoms. The van der Waals surface area contributed by atoms with E-state index >= 15 is 0 Å². The maximum atomic E-state index is 11.7. The highest BCUT2D eigenvalue weighted by Crippen LogP contribution is 2.15. The average molecular weight is 222 g/mol. The zero-order chi connectivity index (χ0) is 13.0. The summed E-state index contributed by atoms with van der Waals surface area (Å²) in [5, 5.41) is 8.79. The largest absolute Gasteiger partial charge is 0.478 e. The minimum Gasteiger partial charge on any atom is -0.478 e. The Balaban J connectivity index is 5.76. The van der Waals surface area contributed by atoms with Gasteiger partial charge in [-0.2, -0.15) is 0 Å². The Labute approximate surface area is 94.0 Å². The van der Waals surface area contributed by atoms with Gasteiger partial charge >= 0.3 is 5.97 Å². The summed E-state index contributed by atoms with van der Waals surface area (Å²) in [6, 6.07) is 0. The Kier molecular flexibility index (Phi) is 4.57. The molecule has 0 saturated carbocycles. The molecule has 0 aliphatic heterocycles. The molecular weight excluding hydrogens is 208 g/mol. The summed E-state index contributed by atoms with van der Waals surface area (Å²) in [7, 11) is 0. The summed E-state index contributed by atoms with van der Waals surface area (Å²) in [6.07, 6.45) is 0. The number of rotatable bonds is 5. The summed E-state index contributed by atoms with van der Waals surface area (Å²) in [4.78, 5) is 34.1. The highest BCUT2D eigenvalue weighted by Gasteiger charge is 2.24. The number of carbonyl (C=O) groups is 3. The molecule has 0 aliphatic rings. The van der Waals surface area contributed by atoms with E-state index < -0.39 is 17.5 Å². The molecule has 0 bridgehead atoms. The third-order valence-corrected chi connectivity index (χ3v) is 1.93. The van der Waals surface area contributed by atoms with Gasteiger partial charge in [0.15, 0.2) is 11.6 Å². The number of aliphatic carboxylic acids is 1. The molecule has 0 atom stereocenters. The first-order valence-electron chi connectivity index (χ1n) is 4.54. The summed E-state index contributed by atoms with van der Waals surface area (Å²) in [5.74, 6) is -2.62. The number of carboxylic acids is 1. The highest BCUT2D eigenvalue weighted by molar-refractivity contribution is 6.32. The standard InChI is InChI=1S/C12H14O4/c1-6(2)10(13)9(8(5)12(15)16)11(14)7(3)4/h1,3H2,2,4-5H3,(H,15,16). The van der Waals surface area contributed by atoms with E-state index in [1.54, 1.807) is 0 Å². The van der Waals surface area contributed by atoms with Crippen LogP contribution in [-0.2, 0) is 14.4 Å². The van der Waals surface area contributed by atoms with Gasteiger partial charge in [-0.1, -0.05) is 13.2 Å². The maximum Gasteiger partial charge on any atom is 0.332 e. The summed E-state index contributed by atoms with van der Waals surface area (Å²) >= 11 is 0. The third kappa shape index (κ3) is 3.02. The first-order chi connectivity index (χ1) is 7.20. The number of allylic oxidation sites excluding steroid dienone is 3. The predicted molar refractivity (Wildman–Crippen MR) is 60.0 cm³/mol. The topological polar surface area (TPSA) is 71.4 Å². The molecule has 1 N–H and O–H groups in total. The van der Waals surface area contributed by atoms with E-state index in [-0.39, 0.29) is 22.3 Å². The van der Waals surface area contributed by atoms with Gasteiger partial charge in [-0.3, -0.25) is 9.59 Å².